The summed E-state index contributed by atoms with van der Waals surface area (Å²) >= 11 is 0. The Labute approximate surface area is 83.0 Å². The van der Waals surface area contributed by atoms with Crippen LogP contribution in [0.1, 0.15) is 34.1 Å². The van der Waals surface area contributed by atoms with Crippen molar-refractivity contribution in [3.8, 4) is 0 Å². The molecule has 74 valence electrons. The highest BCUT2D eigenvalue weighted by molar-refractivity contribution is 5.23. The second-order valence-electron chi connectivity index (χ2n) is 3.91. The molecule has 0 aromatic carbocycles. The summed E-state index contributed by atoms with van der Waals surface area (Å²) in [5.41, 5.74) is 1.41. The lowest BCUT2D eigenvalue weighted by Gasteiger charge is -2.14. The molecule has 0 bridgehead atoms. The van der Waals surface area contributed by atoms with Crippen LogP contribution >= 0.6 is 0 Å². The quantitative estimate of drug-likeness (QED) is 0.549. The molecule has 0 saturated heterocycles. The van der Waals surface area contributed by atoms with Crippen molar-refractivity contribution in [1.29, 1.82) is 0 Å². The molecule has 0 aromatic rings. The second-order valence-corrected chi connectivity index (χ2v) is 3.91. The average molecular weight is 178 g/mol. The van der Waals surface area contributed by atoms with Gasteiger partial charge < -0.3 is 0 Å². The van der Waals surface area contributed by atoms with E-state index in [1.807, 2.05) is 12.2 Å². The first-order chi connectivity index (χ1) is 6.11. The molecule has 0 heteroatoms. The normalized spacial score (nSPS) is 15.3. The number of rotatable bonds is 5. The van der Waals surface area contributed by atoms with E-state index in [0.29, 0.717) is 5.92 Å². The molecule has 0 saturated carbocycles. The molecule has 0 fully saturated rings. The van der Waals surface area contributed by atoms with Crippen LogP contribution in [0.3, 0.4) is 0 Å². The lowest BCUT2D eigenvalue weighted by Crippen LogP contribution is -2.01. The van der Waals surface area contributed by atoms with Crippen molar-refractivity contribution in [2.45, 2.75) is 34.1 Å². The van der Waals surface area contributed by atoms with Crippen LogP contribution in [0.5, 0.6) is 0 Å². The maximum absolute atomic E-state index is 3.67. The molecular weight excluding hydrogens is 156 g/mol. The van der Waals surface area contributed by atoms with E-state index in [1.165, 1.54) is 12.0 Å². The van der Waals surface area contributed by atoms with Crippen LogP contribution < -0.4 is 0 Å². The van der Waals surface area contributed by atoms with Crippen LogP contribution in [-0.4, -0.2) is 0 Å². The summed E-state index contributed by atoms with van der Waals surface area (Å²) in [5.74, 6) is 1.42. The SMILES string of the molecule is C=C/C=C\C(=C/C)C(C)CC(C)C. The summed E-state index contributed by atoms with van der Waals surface area (Å²) in [4.78, 5) is 0. The topological polar surface area (TPSA) is 0 Å². The van der Waals surface area contributed by atoms with E-state index >= 15 is 0 Å². The van der Waals surface area contributed by atoms with Crippen LogP contribution in [0.4, 0.5) is 0 Å². The maximum atomic E-state index is 3.67. The van der Waals surface area contributed by atoms with E-state index in [0.717, 1.165) is 5.92 Å². The van der Waals surface area contributed by atoms with Crippen LogP contribution in [0.2, 0.25) is 0 Å². The Bertz CT molecular complexity index is 194. The average Bonchev–Trinajstić information content (AvgIpc) is 2.04. The van der Waals surface area contributed by atoms with E-state index in [9.17, 15) is 0 Å². The number of allylic oxidation sites excluding steroid dienone is 5. The van der Waals surface area contributed by atoms with Crippen molar-refractivity contribution in [2.24, 2.45) is 11.8 Å². The van der Waals surface area contributed by atoms with Gasteiger partial charge in [0.25, 0.3) is 0 Å². The third-order valence-corrected chi connectivity index (χ3v) is 2.15. The molecule has 0 aromatic heterocycles. The fraction of sp³-hybridized carbons (Fsp3) is 0.538. The lowest BCUT2D eigenvalue weighted by molar-refractivity contribution is 0.491. The van der Waals surface area contributed by atoms with Crippen LogP contribution in [-0.2, 0) is 0 Å². The van der Waals surface area contributed by atoms with Gasteiger partial charge in [-0.3, -0.25) is 0 Å². The van der Waals surface area contributed by atoms with Gasteiger partial charge in [0, 0.05) is 0 Å². The van der Waals surface area contributed by atoms with Crippen molar-refractivity contribution >= 4 is 0 Å². The molecule has 13 heavy (non-hydrogen) atoms. The third kappa shape index (κ3) is 5.46. The summed E-state index contributed by atoms with van der Waals surface area (Å²) in [5, 5.41) is 0. The van der Waals surface area contributed by atoms with E-state index < -0.39 is 0 Å². The van der Waals surface area contributed by atoms with Crippen molar-refractivity contribution < 1.29 is 0 Å². The first-order valence-electron chi connectivity index (χ1n) is 5.07. The number of hydrogen-bond acceptors (Lipinski definition) is 0. The number of hydrogen-bond donors (Lipinski definition) is 0. The summed E-state index contributed by atoms with van der Waals surface area (Å²) in [6, 6.07) is 0. The van der Waals surface area contributed by atoms with Gasteiger partial charge in [-0.15, -0.1) is 0 Å². The minimum absolute atomic E-state index is 0.654. The maximum Gasteiger partial charge on any atom is -0.0191 e. The molecule has 0 rings (SSSR count). The standard InChI is InChI=1S/C13H22/c1-6-8-9-13(7-2)12(5)10-11(3)4/h6-9,11-12H,1,10H2,2-5H3/b9-8-,13-7+. The van der Waals surface area contributed by atoms with E-state index in [2.05, 4.69) is 46.4 Å². The highest BCUT2D eigenvalue weighted by Gasteiger charge is 2.06. The van der Waals surface area contributed by atoms with Gasteiger partial charge in [-0.2, -0.15) is 0 Å². The van der Waals surface area contributed by atoms with E-state index in [1.54, 1.807) is 0 Å². The van der Waals surface area contributed by atoms with Gasteiger partial charge in [-0.1, -0.05) is 51.7 Å². The second kappa shape index (κ2) is 6.71. The van der Waals surface area contributed by atoms with Gasteiger partial charge in [0.2, 0.25) is 0 Å². The zero-order valence-corrected chi connectivity index (χ0v) is 9.38. The van der Waals surface area contributed by atoms with Crippen LogP contribution in [0, 0.1) is 11.8 Å². The fourth-order valence-corrected chi connectivity index (χ4v) is 1.57. The molecule has 0 aliphatic heterocycles. The monoisotopic (exact) mass is 178 g/mol. The summed E-state index contributed by atoms with van der Waals surface area (Å²) in [6.07, 6.45) is 9.42. The van der Waals surface area contributed by atoms with Crippen molar-refractivity contribution in [1.82, 2.24) is 0 Å². The summed E-state index contributed by atoms with van der Waals surface area (Å²) < 4.78 is 0. The minimum Gasteiger partial charge on any atom is -0.0991 e. The zero-order chi connectivity index (χ0) is 10.3. The lowest BCUT2D eigenvalue weighted by atomic mass is 9.91. The molecule has 0 spiro atoms. The molecule has 0 aliphatic rings. The Morgan fingerprint density at radius 3 is 2.31 bits per heavy atom. The largest absolute Gasteiger partial charge is 0.0991 e. The van der Waals surface area contributed by atoms with E-state index in [4.69, 9.17) is 0 Å². The van der Waals surface area contributed by atoms with Crippen molar-refractivity contribution in [3.05, 3.63) is 36.5 Å². The smallest absolute Gasteiger partial charge is 0.0191 e. The third-order valence-electron chi connectivity index (χ3n) is 2.15. The molecule has 1 unspecified atom stereocenters. The van der Waals surface area contributed by atoms with Gasteiger partial charge in [0.1, 0.15) is 0 Å². The molecule has 0 heterocycles. The molecule has 0 radical (unpaired) electrons. The predicted molar refractivity (Wildman–Crippen MR) is 61.7 cm³/mol. The van der Waals surface area contributed by atoms with Gasteiger partial charge in [-0.05, 0) is 30.8 Å². The molecule has 0 N–H and O–H groups in total. The van der Waals surface area contributed by atoms with E-state index in [-0.39, 0.29) is 0 Å². The van der Waals surface area contributed by atoms with Crippen LogP contribution in [0.25, 0.3) is 0 Å². The Balaban J connectivity index is 4.24. The van der Waals surface area contributed by atoms with Gasteiger partial charge in [-0.25, -0.2) is 0 Å². The van der Waals surface area contributed by atoms with Gasteiger partial charge in [0.15, 0.2) is 0 Å². The summed E-state index contributed by atoms with van der Waals surface area (Å²) in [6.45, 7) is 12.6. The van der Waals surface area contributed by atoms with Gasteiger partial charge >= 0.3 is 0 Å². The molecule has 0 nitrogen and oxygen atoms in total. The molecule has 0 aliphatic carbocycles. The minimum atomic E-state index is 0.654. The fourth-order valence-electron chi connectivity index (χ4n) is 1.57. The highest BCUT2D eigenvalue weighted by atomic mass is 14.1. The van der Waals surface area contributed by atoms with Crippen molar-refractivity contribution in [3.63, 3.8) is 0 Å². The van der Waals surface area contributed by atoms with Gasteiger partial charge in [0.05, 0.1) is 0 Å². The Morgan fingerprint density at radius 2 is 1.92 bits per heavy atom. The molecular formula is C13H22. The van der Waals surface area contributed by atoms with Crippen LogP contribution in [0.15, 0.2) is 36.5 Å². The predicted octanol–water partition coefficient (Wildman–Crippen LogP) is 4.36. The molecule has 0 amide bonds. The Hall–Kier alpha value is -0.780. The Morgan fingerprint density at radius 1 is 1.31 bits per heavy atom. The summed E-state index contributed by atoms with van der Waals surface area (Å²) in [7, 11) is 0. The zero-order valence-electron chi connectivity index (χ0n) is 9.38. The molecule has 1 atom stereocenters. The first-order valence-corrected chi connectivity index (χ1v) is 5.07. The Kier molecular flexibility index (Phi) is 6.30. The van der Waals surface area contributed by atoms with Crippen molar-refractivity contribution in [2.75, 3.05) is 0 Å². The first kappa shape index (κ1) is 12.2. The highest BCUT2D eigenvalue weighted by Crippen LogP contribution is 2.20.